The standard InChI is InChI=1S/C38H62N6O7S/c1-37(2)27-24-44-31(30(27)37)33(46)40-28(32(45)34(47)39-26-18-19-26)16-10-6-4-3-5-7-11-17-29(35(44)48)41-36(49)42-38(20-12-8-13-21-38)25-52(50,51)43-22-14-9-15-23-43/h26-31H,3-25H2,1-2H3,(H,39,47)(H,40,46)(H2,41,42,49)/t27-,28-,29-,30-,31-/m0/s1. The molecule has 6 fully saturated rings. The number of fused-ring (bicyclic) bond motifs is 3. The van der Waals surface area contributed by atoms with Crippen molar-refractivity contribution in [1.82, 2.24) is 30.5 Å². The molecule has 13 nitrogen and oxygen atoms in total. The van der Waals surface area contributed by atoms with Crippen LogP contribution in [-0.4, -0.2) is 102 Å². The van der Waals surface area contributed by atoms with E-state index in [9.17, 15) is 32.4 Å². The quantitative estimate of drug-likeness (QED) is 0.275. The van der Waals surface area contributed by atoms with Crippen LogP contribution in [-0.2, 0) is 29.2 Å². The van der Waals surface area contributed by atoms with E-state index in [0.29, 0.717) is 51.7 Å². The Bertz CT molecular complexity index is 1450. The highest BCUT2D eigenvalue weighted by atomic mass is 32.2. The number of urea groups is 1. The molecule has 3 heterocycles. The van der Waals surface area contributed by atoms with Crippen LogP contribution >= 0.6 is 0 Å². The monoisotopic (exact) mass is 746 g/mol. The summed E-state index contributed by atoms with van der Waals surface area (Å²) in [5, 5.41) is 11.7. The first-order chi connectivity index (χ1) is 24.8. The molecule has 0 bridgehead atoms. The summed E-state index contributed by atoms with van der Waals surface area (Å²) in [6.45, 7) is 5.56. The number of sulfonamides is 1. The zero-order valence-corrected chi connectivity index (χ0v) is 32.2. The van der Waals surface area contributed by atoms with Gasteiger partial charge in [-0.3, -0.25) is 19.2 Å². The number of Topliss-reactive ketones (excluding diaryl/α,β-unsaturated/α-hetero) is 1. The molecule has 0 unspecified atom stereocenters. The molecular formula is C38H62N6O7S. The van der Waals surface area contributed by atoms with Crippen molar-refractivity contribution >= 4 is 39.6 Å². The van der Waals surface area contributed by atoms with Crippen molar-refractivity contribution in [2.75, 3.05) is 25.4 Å². The molecule has 6 rings (SSSR count). The Morgan fingerprint density at radius 1 is 0.788 bits per heavy atom. The van der Waals surface area contributed by atoms with Crippen LogP contribution < -0.4 is 21.3 Å². The van der Waals surface area contributed by atoms with Crippen molar-refractivity contribution in [3.8, 4) is 0 Å². The van der Waals surface area contributed by atoms with Crippen LogP contribution in [0.3, 0.4) is 0 Å². The number of amides is 5. The van der Waals surface area contributed by atoms with E-state index in [1.165, 1.54) is 0 Å². The topological polar surface area (TPSA) is 174 Å². The Labute approximate surface area is 309 Å². The molecule has 0 aromatic carbocycles. The Hall–Kier alpha value is -2.74. The van der Waals surface area contributed by atoms with E-state index in [4.69, 9.17) is 0 Å². The summed E-state index contributed by atoms with van der Waals surface area (Å²) in [6, 6.07) is -3.23. The molecule has 3 aliphatic carbocycles. The summed E-state index contributed by atoms with van der Waals surface area (Å²) in [4.78, 5) is 70.4. The highest BCUT2D eigenvalue weighted by Gasteiger charge is 2.69. The lowest BCUT2D eigenvalue weighted by Crippen LogP contribution is -2.62. The molecule has 0 aromatic heterocycles. The third-order valence-electron chi connectivity index (χ3n) is 13.0. The zero-order valence-electron chi connectivity index (χ0n) is 31.4. The highest BCUT2D eigenvalue weighted by Crippen LogP contribution is 2.65. The minimum Gasteiger partial charge on any atom is -0.347 e. The molecule has 3 aliphatic heterocycles. The first-order valence-corrected chi connectivity index (χ1v) is 21.9. The summed E-state index contributed by atoms with van der Waals surface area (Å²) < 4.78 is 28.8. The normalized spacial score (nSPS) is 31.7. The van der Waals surface area contributed by atoms with E-state index in [2.05, 4.69) is 35.1 Å². The number of rotatable bonds is 8. The summed E-state index contributed by atoms with van der Waals surface area (Å²) in [6.07, 6.45) is 15.0. The molecule has 292 valence electrons. The van der Waals surface area contributed by atoms with E-state index < -0.39 is 57.3 Å². The summed E-state index contributed by atoms with van der Waals surface area (Å²) in [5.41, 5.74) is -1.09. The molecule has 5 atom stereocenters. The fraction of sp³-hybridized carbons (Fsp3) is 0.868. The molecule has 52 heavy (non-hydrogen) atoms. The van der Waals surface area contributed by atoms with Crippen molar-refractivity contribution in [3.05, 3.63) is 0 Å². The predicted octanol–water partition coefficient (Wildman–Crippen LogP) is 3.51. The number of ketones is 1. The number of hydrogen-bond donors (Lipinski definition) is 4. The number of carbonyl (C=O) groups is 5. The van der Waals surface area contributed by atoms with Gasteiger partial charge in [0.1, 0.15) is 12.1 Å². The fourth-order valence-electron chi connectivity index (χ4n) is 9.57. The minimum absolute atomic E-state index is 0.0167. The van der Waals surface area contributed by atoms with Gasteiger partial charge in [-0.05, 0) is 68.6 Å². The van der Waals surface area contributed by atoms with E-state index >= 15 is 0 Å². The van der Waals surface area contributed by atoms with Gasteiger partial charge in [0, 0.05) is 25.7 Å². The van der Waals surface area contributed by atoms with Gasteiger partial charge in [-0.15, -0.1) is 0 Å². The van der Waals surface area contributed by atoms with Crippen LogP contribution in [0.2, 0.25) is 0 Å². The lowest BCUT2D eigenvalue weighted by Gasteiger charge is -2.40. The third kappa shape index (κ3) is 9.13. The highest BCUT2D eigenvalue weighted by molar-refractivity contribution is 7.89. The van der Waals surface area contributed by atoms with Crippen LogP contribution in [0.4, 0.5) is 4.79 Å². The number of nitrogens with zero attached hydrogens (tertiary/aromatic N) is 2. The van der Waals surface area contributed by atoms with Crippen molar-refractivity contribution in [3.63, 3.8) is 0 Å². The molecule has 0 aromatic rings. The second-order valence-electron chi connectivity index (χ2n) is 17.3. The first kappa shape index (κ1) is 39.0. The fourth-order valence-corrected chi connectivity index (χ4v) is 11.6. The number of nitrogens with one attached hydrogen (secondary N) is 4. The molecule has 4 N–H and O–H groups in total. The molecule has 0 spiro atoms. The Morgan fingerprint density at radius 3 is 2.04 bits per heavy atom. The lowest BCUT2D eigenvalue weighted by molar-refractivity contribution is -0.144. The van der Waals surface area contributed by atoms with Gasteiger partial charge in [-0.1, -0.05) is 84.5 Å². The van der Waals surface area contributed by atoms with E-state index in [-0.39, 0.29) is 35.0 Å². The first-order valence-electron chi connectivity index (χ1n) is 20.3. The van der Waals surface area contributed by atoms with Crippen molar-refractivity contribution in [2.45, 2.75) is 166 Å². The number of carbonyl (C=O) groups excluding carboxylic acids is 5. The van der Waals surface area contributed by atoms with Crippen molar-refractivity contribution in [1.29, 1.82) is 0 Å². The number of piperidine rings is 2. The predicted molar refractivity (Wildman–Crippen MR) is 196 cm³/mol. The van der Waals surface area contributed by atoms with Crippen LogP contribution in [0.5, 0.6) is 0 Å². The van der Waals surface area contributed by atoms with Gasteiger partial charge in [-0.25, -0.2) is 17.5 Å². The van der Waals surface area contributed by atoms with Gasteiger partial charge in [0.25, 0.3) is 5.91 Å². The van der Waals surface area contributed by atoms with Crippen LogP contribution in [0.25, 0.3) is 0 Å². The Balaban J connectivity index is 1.19. The molecule has 6 aliphatic rings. The molecule has 0 radical (unpaired) electrons. The van der Waals surface area contributed by atoms with Crippen molar-refractivity contribution < 1.29 is 32.4 Å². The molecular weight excluding hydrogens is 685 g/mol. The average Bonchev–Trinajstić information content (AvgIpc) is 3.96. The Morgan fingerprint density at radius 2 is 1.38 bits per heavy atom. The van der Waals surface area contributed by atoms with Gasteiger partial charge in [0.15, 0.2) is 0 Å². The second kappa shape index (κ2) is 16.3. The van der Waals surface area contributed by atoms with Gasteiger partial charge in [0.2, 0.25) is 27.6 Å². The third-order valence-corrected chi connectivity index (χ3v) is 15.0. The van der Waals surface area contributed by atoms with Gasteiger partial charge in [-0.2, -0.15) is 0 Å². The minimum atomic E-state index is -3.60. The Kier molecular flexibility index (Phi) is 12.2. The SMILES string of the molecule is CC1(C)[C@@H]2[C@H]3C(=O)N[C@H](C(=O)C(=O)NC4CC4)CCCCCCCCC[C@H](NC(=O)NC4(CS(=O)(=O)N5CCCCC5)CCCCC4)C(=O)N3C[C@@H]21. The molecule has 3 saturated carbocycles. The molecule has 3 saturated heterocycles. The maximum Gasteiger partial charge on any atom is 0.315 e. The lowest BCUT2D eigenvalue weighted by atomic mass is 9.83. The van der Waals surface area contributed by atoms with Crippen LogP contribution in [0, 0.1) is 17.3 Å². The maximum absolute atomic E-state index is 14.5. The van der Waals surface area contributed by atoms with E-state index in [1.807, 2.05) is 0 Å². The van der Waals surface area contributed by atoms with Gasteiger partial charge < -0.3 is 26.2 Å². The summed E-state index contributed by atoms with van der Waals surface area (Å²) >= 11 is 0. The molecule has 5 amide bonds. The van der Waals surface area contributed by atoms with Gasteiger partial charge >= 0.3 is 6.03 Å². The summed E-state index contributed by atoms with van der Waals surface area (Å²) in [7, 11) is -3.60. The van der Waals surface area contributed by atoms with Crippen molar-refractivity contribution in [2.24, 2.45) is 17.3 Å². The second-order valence-corrected chi connectivity index (χ2v) is 19.3. The summed E-state index contributed by atoms with van der Waals surface area (Å²) in [5.74, 6) is -2.23. The molecule has 14 heteroatoms. The van der Waals surface area contributed by atoms with E-state index in [0.717, 1.165) is 89.9 Å². The maximum atomic E-state index is 14.5. The largest absolute Gasteiger partial charge is 0.347 e. The van der Waals surface area contributed by atoms with Crippen LogP contribution in [0.15, 0.2) is 0 Å². The zero-order chi connectivity index (χ0) is 37.1. The average molecular weight is 747 g/mol. The van der Waals surface area contributed by atoms with Crippen LogP contribution in [0.1, 0.15) is 136 Å². The smallest absolute Gasteiger partial charge is 0.315 e. The van der Waals surface area contributed by atoms with E-state index in [1.54, 1.807) is 9.21 Å². The number of hydrogen-bond acceptors (Lipinski definition) is 7. The van der Waals surface area contributed by atoms with Gasteiger partial charge in [0.05, 0.1) is 17.3 Å².